The van der Waals surface area contributed by atoms with Gasteiger partial charge in [-0.1, -0.05) is 17.7 Å². The molecule has 0 unspecified atom stereocenters. The maximum absolute atomic E-state index is 11.6. The number of aliphatic carboxylic acids is 1. The van der Waals surface area contributed by atoms with E-state index < -0.39 is 17.6 Å². The first-order valence-electron chi connectivity index (χ1n) is 5.76. The lowest BCUT2D eigenvalue weighted by molar-refractivity contribution is -0.161. The van der Waals surface area contributed by atoms with Crippen LogP contribution in [0.1, 0.15) is 11.1 Å². The Morgan fingerprint density at radius 1 is 1.50 bits per heavy atom. The molecule has 8 heteroatoms. The second kappa shape index (κ2) is 4.19. The van der Waals surface area contributed by atoms with Crippen LogP contribution in [0, 0.1) is 0 Å². The number of hydrogen-bond donors (Lipinski definition) is 2. The molecule has 2 aliphatic rings. The van der Waals surface area contributed by atoms with E-state index in [4.69, 9.17) is 22.1 Å². The van der Waals surface area contributed by atoms with E-state index in [0.717, 1.165) is 5.01 Å². The third-order valence-electron chi connectivity index (χ3n) is 3.40. The first-order chi connectivity index (χ1) is 9.44. The molecule has 0 spiro atoms. The number of rotatable bonds is 1. The fourth-order valence-corrected chi connectivity index (χ4v) is 2.63. The standard InChI is InChI=1S/C12H10ClN3O4/c13-7-1-2-8-6(3-7)4-12(10(17)18)9(8)15-16(5-20-12)11(14)19/h1-3H,4-5H2,(H2,14,19)(H,17,18)/t12-/m0/s1. The Balaban J connectivity index is 2.18. The van der Waals surface area contributed by atoms with Gasteiger partial charge in [0.05, 0.1) is 0 Å². The normalized spacial score (nSPS) is 23.9. The number of nitrogens with two attached hydrogens (primary N) is 1. The first-order valence-corrected chi connectivity index (χ1v) is 6.14. The molecule has 1 aromatic rings. The smallest absolute Gasteiger partial charge is 0.342 e. The van der Waals surface area contributed by atoms with Crippen molar-refractivity contribution < 1.29 is 19.4 Å². The van der Waals surface area contributed by atoms with Gasteiger partial charge in [0.1, 0.15) is 12.4 Å². The lowest BCUT2D eigenvalue weighted by Gasteiger charge is -2.32. The number of carbonyl (C=O) groups is 2. The van der Waals surface area contributed by atoms with Gasteiger partial charge in [-0.15, -0.1) is 0 Å². The van der Waals surface area contributed by atoms with Crippen LogP contribution in [0.25, 0.3) is 0 Å². The van der Waals surface area contributed by atoms with Gasteiger partial charge in [0, 0.05) is 17.0 Å². The van der Waals surface area contributed by atoms with Crippen molar-refractivity contribution in [1.82, 2.24) is 5.01 Å². The van der Waals surface area contributed by atoms with Crippen molar-refractivity contribution in [3.05, 3.63) is 34.3 Å². The van der Waals surface area contributed by atoms with Gasteiger partial charge in [0.2, 0.25) is 5.60 Å². The van der Waals surface area contributed by atoms with Gasteiger partial charge >= 0.3 is 12.0 Å². The molecule has 1 heterocycles. The van der Waals surface area contributed by atoms with E-state index in [-0.39, 0.29) is 18.9 Å². The molecule has 0 saturated carbocycles. The van der Waals surface area contributed by atoms with Gasteiger partial charge in [-0.3, -0.25) is 0 Å². The summed E-state index contributed by atoms with van der Waals surface area (Å²) in [6.07, 6.45) is 0.115. The molecule has 104 valence electrons. The number of amides is 2. The van der Waals surface area contributed by atoms with Crippen molar-refractivity contribution >= 4 is 29.3 Å². The van der Waals surface area contributed by atoms with Crippen molar-refractivity contribution in [3.8, 4) is 0 Å². The summed E-state index contributed by atoms with van der Waals surface area (Å²) in [6, 6.07) is 4.15. The average molecular weight is 296 g/mol. The predicted molar refractivity (Wildman–Crippen MR) is 69.4 cm³/mol. The number of ether oxygens (including phenoxy) is 1. The highest BCUT2D eigenvalue weighted by Crippen LogP contribution is 2.37. The monoisotopic (exact) mass is 295 g/mol. The van der Waals surface area contributed by atoms with E-state index >= 15 is 0 Å². The van der Waals surface area contributed by atoms with Crippen molar-refractivity contribution in [2.75, 3.05) is 6.73 Å². The van der Waals surface area contributed by atoms with Gasteiger partial charge in [-0.2, -0.15) is 10.1 Å². The zero-order valence-electron chi connectivity index (χ0n) is 10.2. The molecule has 1 aliphatic heterocycles. The predicted octanol–water partition coefficient (Wildman–Crippen LogP) is 0.792. The summed E-state index contributed by atoms with van der Waals surface area (Å²) in [7, 11) is 0. The topological polar surface area (TPSA) is 105 Å². The minimum Gasteiger partial charge on any atom is -0.479 e. The van der Waals surface area contributed by atoms with Crippen LogP contribution >= 0.6 is 11.6 Å². The zero-order chi connectivity index (χ0) is 14.5. The molecule has 7 nitrogen and oxygen atoms in total. The fourth-order valence-electron chi connectivity index (χ4n) is 2.44. The number of primary amides is 1. The van der Waals surface area contributed by atoms with Gasteiger partial charge in [0.15, 0.2) is 0 Å². The molecule has 1 aromatic carbocycles. The zero-order valence-corrected chi connectivity index (χ0v) is 10.9. The van der Waals surface area contributed by atoms with E-state index in [2.05, 4.69) is 5.10 Å². The Hall–Kier alpha value is -2.12. The van der Waals surface area contributed by atoms with E-state index in [1.165, 1.54) is 0 Å². The molecule has 0 bridgehead atoms. The molecule has 0 fully saturated rings. The number of hydrazone groups is 1. The number of carboxylic acids is 1. The average Bonchev–Trinajstić information content (AvgIpc) is 2.71. The second-order valence-corrected chi connectivity index (χ2v) is 5.01. The maximum atomic E-state index is 11.6. The lowest BCUT2D eigenvalue weighted by Crippen LogP contribution is -2.54. The van der Waals surface area contributed by atoms with E-state index in [1.54, 1.807) is 18.2 Å². The van der Waals surface area contributed by atoms with Crippen molar-refractivity contribution in [2.45, 2.75) is 12.0 Å². The summed E-state index contributed by atoms with van der Waals surface area (Å²) in [5.41, 5.74) is 5.04. The summed E-state index contributed by atoms with van der Waals surface area (Å²) >= 11 is 5.91. The number of halogens is 1. The van der Waals surface area contributed by atoms with Crippen LogP contribution in [-0.4, -0.2) is 40.2 Å². The molecule has 0 saturated heterocycles. The fraction of sp³-hybridized carbons (Fsp3) is 0.250. The molecule has 2 amide bonds. The largest absolute Gasteiger partial charge is 0.479 e. The molecule has 1 aliphatic carbocycles. The SMILES string of the molecule is NC(=O)N1CO[C@@]2(C(=O)O)Cc3cc(Cl)ccc3C2=N1. The van der Waals surface area contributed by atoms with Crippen molar-refractivity contribution in [3.63, 3.8) is 0 Å². The van der Waals surface area contributed by atoms with Crippen molar-refractivity contribution in [1.29, 1.82) is 0 Å². The van der Waals surface area contributed by atoms with Crippen LogP contribution in [0.2, 0.25) is 5.02 Å². The number of nitrogens with zero attached hydrogens (tertiary/aromatic N) is 2. The number of benzene rings is 1. The van der Waals surface area contributed by atoms with Gasteiger partial charge < -0.3 is 15.6 Å². The summed E-state index contributed by atoms with van der Waals surface area (Å²) in [5, 5.41) is 14.9. The van der Waals surface area contributed by atoms with E-state index in [0.29, 0.717) is 16.1 Å². The number of fused-ring (bicyclic) bond motifs is 3. The Morgan fingerprint density at radius 2 is 2.25 bits per heavy atom. The quantitative estimate of drug-likeness (QED) is 0.799. The Kier molecular flexibility index (Phi) is 2.70. The summed E-state index contributed by atoms with van der Waals surface area (Å²) in [6.45, 7) is -0.299. The molecule has 3 rings (SSSR count). The third kappa shape index (κ3) is 1.67. The van der Waals surface area contributed by atoms with Crippen molar-refractivity contribution in [2.24, 2.45) is 10.8 Å². The molecule has 20 heavy (non-hydrogen) atoms. The molecule has 0 radical (unpaired) electrons. The number of urea groups is 1. The highest BCUT2D eigenvalue weighted by Gasteiger charge is 2.54. The van der Waals surface area contributed by atoms with Crippen LogP contribution in [0.15, 0.2) is 23.3 Å². The van der Waals surface area contributed by atoms with Gasteiger partial charge in [0.25, 0.3) is 0 Å². The highest BCUT2D eigenvalue weighted by atomic mass is 35.5. The maximum Gasteiger partial charge on any atom is 0.342 e. The number of carbonyl (C=O) groups excluding carboxylic acids is 1. The Morgan fingerprint density at radius 3 is 2.90 bits per heavy atom. The third-order valence-corrected chi connectivity index (χ3v) is 3.63. The number of hydrogen-bond acceptors (Lipinski definition) is 4. The van der Waals surface area contributed by atoms with Crippen LogP contribution < -0.4 is 5.73 Å². The molecule has 3 N–H and O–H groups in total. The molecular formula is C12H10ClN3O4. The van der Waals surface area contributed by atoms with Crippen LogP contribution in [0.4, 0.5) is 4.79 Å². The first kappa shape index (κ1) is 12.9. The van der Waals surface area contributed by atoms with E-state index in [9.17, 15) is 14.7 Å². The molecule has 0 aromatic heterocycles. The second-order valence-electron chi connectivity index (χ2n) is 4.57. The van der Waals surface area contributed by atoms with Crippen LogP contribution in [0.5, 0.6) is 0 Å². The molecular weight excluding hydrogens is 286 g/mol. The summed E-state index contributed by atoms with van der Waals surface area (Å²) < 4.78 is 5.40. The van der Waals surface area contributed by atoms with Gasteiger partial charge in [-0.05, 0) is 17.7 Å². The molecule has 1 atom stereocenters. The van der Waals surface area contributed by atoms with Gasteiger partial charge in [-0.25, -0.2) is 9.59 Å². The minimum absolute atomic E-state index is 0.115. The van der Waals surface area contributed by atoms with E-state index in [1.807, 2.05) is 0 Å². The van der Waals surface area contributed by atoms with Crippen LogP contribution in [0.3, 0.4) is 0 Å². The minimum atomic E-state index is -1.58. The summed E-state index contributed by atoms with van der Waals surface area (Å²) in [5.74, 6) is -1.16. The number of carboxylic acid groups (broad SMARTS) is 1. The Labute approximate surface area is 118 Å². The summed E-state index contributed by atoms with van der Waals surface area (Å²) in [4.78, 5) is 22.8. The highest BCUT2D eigenvalue weighted by molar-refractivity contribution is 6.31. The Bertz CT molecular complexity index is 660. The lowest BCUT2D eigenvalue weighted by atomic mass is 9.98. The van der Waals surface area contributed by atoms with Crippen LogP contribution in [-0.2, 0) is 16.0 Å².